The molecule has 1 rings (SSSR count). The van der Waals surface area contributed by atoms with Crippen LogP contribution in [0.2, 0.25) is 0 Å². The normalized spacial score (nSPS) is 19.9. The van der Waals surface area contributed by atoms with Crippen LogP contribution in [0.4, 0.5) is 0 Å². The summed E-state index contributed by atoms with van der Waals surface area (Å²) < 4.78 is 21.4. The van der Waals surface area contributed by atoms with Crippen LogP contribution >= 0.6 is 0 Å². The molecule has 1 aliphatic rings. The highest BCUT2D eigenvalue weighted by Gasteiger charge is 2.21. The van der Waals surface area contributed by atoms with Gasteiger partial charge in [-0.3, -0.25) is 9.00 Å². The first-order valence-corrected chi connectivity index (χ1v) is 8.32. The molecule has 112 valence electrons. The summed E-state index contributed by atoms with van der Waals surface area (Å²) in [6.07, 6.45) is 4.36. The fourth-order valence-corrected chi connectivity index (χ4v) is 3.13. The minimum absolute atomic E-state index is 0.0521. The van der Waals surface area contributed by atoms with E-state index in [9.17, 15) is 13.6 Å². The van der Waals surface area contributed by atoms with E-state index in [-0.39, 0.29) is 11.7 Å². The Hall–Kier alpha value is -0.460. The summed E-state index contributed by atoms with van der Waals surface area (Å²) in [4.78, 5) is 16.2. The molecular formula is C13H25N2O3S-. The van der Waals surface area contributed by atoms with Crippen molar-refractivity contribution < 1.29 is 13.6 Å². The maximum Gasteiger partial charge on any atom is 0.226 e. The molecule has 0 aromatic rings. The first-order chi connectivity index (χ1) is 9.04. The topological polar surface area (TPSA) is 63.7 Å². The van der Waals surface area contributed by atoms with Gasteiger partial charge in [-0.15, -0.1) is 0 Å². The summed E-state index contributed by atoms with van der Waals surface area (Å²) in [6.45, 7) is 5.65. The molecule has 6 heteroatoms. The van der Waals surface area contributed by atoms with E-state index < -0.39 is 17.0 Å². The van der Waals surface area contributed by atoms with Crippen LogP contribution in [-0.2, 0) is 15.9 Å². The molecular weight excluding hydrogens is 264 g/mol. The van der Waals surface area contributed by atoms with Crippen molar-refractivity contribution in [2.45, 2.75) is 32.6 Å². The SMILES string of the molecule is CCC(CS(=O)[O-])C(=O)N(C)CCN1CCCCC1. The molecule has 1 amide bonds. The zero-order valence-electron chi connectivity index (χ0n) is 12.0. The number of rotatable bonds is 7. The van der Waals surface area contributed by atoms with E-state index in [4.69, 9.17) is 0 Å². The number of likely N-dealkylation sites (tertiary alicyclic amines) is 1. The van der Waals surface area contributed by atoms with Crippen LogP contribution in [0.5, 0.6) is 0 Å². The number of likely N-dealkylation sites (N-methyl/N-ethyl adjacent to an activating group) is 1. The molecule has 5 nitrogen and oxygen atoms in total. The predicted octanol–water partition coefficient (Wildman–Crippen LogP) is 0.836. The fourth-order valence-electron chi connectivity index (χ4n) is 2.42. The van der Waals surface area contributed by atoms with E-state index in [1.165, 1.54) is 19.3 Å². The molecule has 2 unspecified atom stereocenters. The Morgan fingerprint density at radius 1 is 1.37 bits per heavy atom. The minimum Gasteiger partial charge on any atom is -0.772 e. The van der Waals surface area contributed by atoms with Crippen molar-refractivity contribution in [3.05, 3.63) is 0 Å². The molecule has 2 atom stereocenters. The molecule has 1 aliphatic heterocycles. The molecule has 0 saturated carbocycles. The summed E-state index contributed by atoms with van der Waals surface area (Å²) in [5.41, 5.74) is 0. The summed E-state index contributed by atoms with van der Waals surface area (Å²) in [5.74, 6) is -0.517. The maximum atomic E-state index is 12.1. The molecule has 1 fully saturated rings. The van der Waals surface area contributed by atoms with Crippen molar-refractivity contribution in [2.24, 2.45) is 5.92 Å². The monoisotopic (exact) mass is 289 g/mol. The smallest absolute Gasteiger partial charge is 0.226 e. The lowest BCUT2D eigenvalue weighted by atomic mass is 10.1. The highest BCUT2D eigenvalue weighted by molar-refractivity contribution is 7.79. The van der Waals surface area contributed by atoms with Gasteiger partial charge in [0.25, 0.3) is 0 Å². The third kappa shape index (κ3) is 6.01. The summed E-state index contributed by atoms with van der Waals surface area (Å²) in [5, 5.41) is 0. The third-order valence-electron chi connectivity index (χ3n) is 3.76. The van der Waals surface area contributed by atoms with Crippen molar-refractivity contribution in [3.63, 3.8) is 0 Å². The van der Waals surface area contributed by atoms with E-state index in [1.807, 2.05) is 6.92 Å². The summed E-state index contributed by atoms with van der Waals surface area (Å²) in [7, 11) is 1.77. The summed E-state index contributed by atoms with van der Waals surface area (Å²) >= 11 is -2.15. The lowest BCUT2D eigenvalue weighted by Gasteiger charge is -2.30. The Morgan fingerprint density at radius 3 is 2.53 bits per heavy atom. The zero-order chi connectivity index (χ0) is 14.3. The predicted molar refractivity (Wildman–Crippen MR) is 75.5 cm³/mol. The lowest BCUT2D eigenvalue weighted by molar-refractivity contribution is -0.133. The molecule has 0 N–H and O–H groups in total. The van der Waals surface area contributed by atoms with Gasteiger partial charge in [0, 0.05) is 31.8 Å². The molecule has 0 bridgehead atoms. The Labute approximate surface area is 118 Å². The molecule has 0 aromatic heterocycles. The first kappa shape index (κ1) is 16.6. The van der Waals surface area contributed by atoms with Crippen molar-refractivity contribution in [1.82, 2.24) is 9.80 Å². The average Bonchev–Trinajstić information content (AvgIpc) is 2.42. The highest BCUT2D eigenvalue weighted by atomic mass is 32.2. The largest absolute Gasteiger partial charge is 0.772 e. The van der Waals surface area contributed by atoms with Gasteiger partial charge in [-0.05, 0) is 32.4 Å². The maximum absolute atomic E-state index is 12.1. The van der Waals surface area contributed by atoms with E-state index in [1.54, 1.807) is 11.9 Å². The van der Waals surface area contributed by atoms with Crippen LogP contribution in [-0.4, -0.2) is 63.4 Å². The Bertz CT molecular complexity index is 306. The van der Waals surface area contributed by atoms with Gasteiger partial charge >= 0.3 is 0 Å². The van der Waals surface area contributed by atoms with Crippen molar-refractivity contribution >= 4 is 17.0 Å². The number of piperidine rings is 1. The molecule has 19 heavy (non-hydrogen) atoms. The molecule has 0 aliphatic carbocycles. The van der Waals surface area contributed by atoms with Crippen LogP contribution in [0.1, 0.15) is 32.6 Å². The fraction of sp³-hybridized carbons (Fsp3) is 0.923. The molecule has 1 saturated heterocycles. The van der Waals surface area contributed by atoms with E-state index >= 15 is 0 Å². The Balaban J connectivity index is 2.35. The summed E-state index contributed by atoms with van der Waals surface area (Å²) in [6, 6.07) is 0. The van der Waals surface area contributed by atoms with Crippen LogP contribution in [0, 0.1) is 5.92 Å². The van der Waals surface area contributed by atoms with Gasteiger partial charge in [-0.25, -0.2) is 0 Å². The van der Waals surface area contributed by atoms with Crippen LogP contribution in [0.15, 0.2) is 0 Å². The number of nitrogens with zero attached hydrogens (tertiary/aromatic N) is 2. The zero-order valence-corrected chi connectivity index (χ0v) is 12.8. The molecule has 0 spiro atoms. The van der Waals surface area contributed by atoms with Gasteiger partial charge in [-0.2, -0.15) is 0 Å². The standard InChI is InChI=1S/C13H26N2O3S/c1-3-12(11-19(17)18)13(16)14(2)9-10-15-7-5-4-6-8-15/h12H,3-11H2,1-2H3,(H,17,18)/p-1. The number of amides is 1. The van der Waals surface area contributed by atoms with E-state index in [0.29, 0.717) is 13.0 Å². The van der Waals surface area contributed by atoms with E-state index in [0.717, 1.165) is 19.6 Å². The molecule has 1 heterocycles. The van der Waals surface area contributed by atoms with Crippen LogP contribution in [0.25, 0.3) is 0 Å². The highest BCUT2D eigenvalue weighted by Crippen LogP contribution is 2.10. The second-order valence-electron chi connectivity index (χ2n) is 5.24. The van der Waals surface area contributed by atoms with Crippen molar-refractivity contribution in [1.29, 1.82) is 0 Å². The van der Waals surface area contributed by atoms with Gasteiger partial charge in [0.2, 0.25) is 5.91 Å². The van der Waals surface area contributed by atoms with Crippen LogP contribution < -0.4 is 0 Å². The van der Waals surface area contributed by atoms with Gasteiger partial charge in [0.1, 0.15) is 0 Å². The molecule has 0 radical (unpaired) electrons. The van der Waals surface area contributed by atoms with Gasteiger partial charge in [0.05, 0.1) is 0 Å². The Kier molecular flexibility index (Phi) is 7.56. The van der Waals surface area contributed by atoms with Crippen molar-refractivity contribution in [3.8, 4) is 0 Å². The van der Waals surface area contributed by atoms with Crippen molar-refractivity contribution in [2.75, 3.05) is 39.0 Å². The quantitative estimate of drug-likeness (QED) is 0.651. The third-order valence-corrected chi connectivity index (χ3v) is 4.43. The average molecular weight is 289 g/mol. The number of hydrogen-bond acceptors (Lipinski definition) is 4. The Morgan fingerprint density at radius 2 is 2.00 bits per heavy atom. The molecule has 0 aromatic carbocycles. The van der Waals surface area contributed by atoms with Crippen LogP contribution in [0.3, 0.4) is 0 Å². The number of carbonyl (C=O) groups excluding carboxylic acids is 1. The number of hydrogen-bond donors (Lipinski definition) is 0. The number of carbonyl (C=O) groups is 1. The second-order valence-corrected chi connectivity index (χ2v) is 6.18. The lowest BCUT2D eigenvalue weighted by Crippen LogP contribution is -2.41. The van der Waals surface area contributed by atoms with Gasteiger partial charge in [-0.1, -0.05) is 24.4 Å². The van der Waals surface area contributed by atoms with Gasteiger partial charge in [0.15, 0.2) is 0 Å². The van der Waals surface area contributed by atoms with E-state index in [2.05, 4.69) is 4.90 Å². The minimum atomic E-state index is -2.15. The first-order valence-electron chi connectivity index (χ1n) is 7.07. The second kappa shape index (κ2) is 8.66. The van der Waals surface area contributed by atoms with Gasteiger partial charge < -0.3 is 14.4 Å².